The van der Waals surface area contributed by atoms with Crippen LogP contribution in [0.3, 0.4) is 0 Å². The fourth-order valence-electron chi connectivity index (χ4n) is 0.652. The van der Waals surface area contributed by atoms with Crippen molar-refractivity contribution in [2.75, 3.05) is 0 Å². The first kappa shape index (κ1) is 9.59. The highest BCUT2D eigenvalue weighted by Crippen LogP contribution is 2.02. The molecule has 0 bridgehead atoms. The fraction of sp³-hybridized carbons (Fsp3) is 0.857. The van der Waals surface area contributed by atoms with Gasteiger partial charge in [0.1, 0.15) is 6.29 Å². The van der Waals surface area contributed by atoms with Gasteiger partial charge in [0, 0.05) is 6.42 Å². The smallest absolute Gasteiger partial charge is 0.119 e. The summed E-state index contributed by atoms with van der Waals surface area (Å²) in [5, 5.41) is 17.8. The van der Waals surface area contributed by atoms with E-state index in [1.165, 1.54) is 6.92 Å². The van der Waals surface area contributed by atoms with Crippen molar-refractivity contribution < 1.29 is 15.0 Å². The molecule has 0 aliphatic heterocycles. The first-order chi connectivity index (χ1) is 4.68. The van der Waals surface area contributed by atoms with Gasteiger partial charge >= 0.3 is 0 Å². The number of aldehydes is 1. The molecule has 0 heterocycles. The molecule has 3 heteroatoms. The molecule has 2 unspecified atom stereocenters. The molecule has 0 rings (SSSR count). The van der Waals surface area contributed by atoms with Crippen LogP contribution in [0.15, 0.2) is 0 Å². The van der Waals surface area contributed by atoms with Gasteiger partial charge in [-0.2, -0.15) is 0 Å². The van der Waals surface area contributed by atoms with Crippen molar-refractivity contribution in [3.8, 4) is 0 Å². The first-order valence-electron chi connectivity index (χ1n) is 3.48. The molecule has 2 N–H and O–H groups in total. The second-order valence-electron chi connectivity index (χ2n) is 2.41. The molecular formula is C7H14O3. The molecule has 0 spiro atoms. The van der Waals surface area contributed by atoms with Crippen LogP contribution in [0.5, 0.6) is 0 Å². The number of rotatable bonds is 5. The molecule has 10 heavy (non-hydrogen) atoms. The van der Waals surface area contributed by atoms with Crippen LogP contribution in [0.1, 0.15) is 26.2 Å². The molecule has 0 radical (unpaired) electrons. The summed E-state index contributed by atoms with van der Waals surface area (Å²) in [6.07, 6.45) is 1.05. The van der Waals surface area contributed by atoms with Crippen LogP contribution in [-0.4, -0.2) is 28.7 Å². The Balaban J connectivity index is 3.21. The van der Waals surface area contributed by atoms with Crippen LogP contribution >= 0.6 is 0 Å². The first-order valence-corrected chi connectivity index (χ1v) is 3.48. The van der Waals surface area contributed by atoms with Crippen LogP contribution in [0.4, 0.5) is 0 Å². The minimum atomic E-state index is -0.688. The van der Waals surface area contributed by atoms with Gasteiger partial charge in [0.2, 0.25) is 0 Å². The average Bonchev–Trinajstić information content (AvgIpc) is 1.88. The summed E-state index contributed by atoms with van der Waals surface area (Å²) in [5.74, 6) is 0. The van der Waals surface area contributed by atoms with Crippen molar-refractivity contribution in [1.82, 2.24) is 0 Å². The Morgan fingerprint density at radius 1 is 1.50 bits per heavy atom. The predicted molar refractivity (Wildman–Crippen MR) is 37.6 cm³/mol. The van der Waals surface area contributed by atoms with E-state index < -0.39 is 12.2 Å². The van der Waals surface area contributed by atoms with Gasteiger partial charge in [0.15, 0.2) is 0 Å². The van der Waals surface area contributed by atoms with Gasteiger partial charge in [-0.1, -0.05) is 0 Å². The topological polar surface area (TPSA) is 57.5 Å². The Bertz CT molecular complexity index is 90.9. The van der Waals surface area contributed by atoms with Crippen molar-refractivity contribution in [3.63, 3.8) is 0 Å². The normalized spacial score (nSPS) is 16.3. The summed E-state index contributed by atoms with van der Waals surface area (Å²) in [4.78, 5) is 9.81. The second kappa shape index (κ2) is 5.38. The summed E-state index contributed by atoms with van der Waals surface area (Å²) in [7, 11) is 0. The van der Waals surface area contributed by atoms with Crippen LogP contribution in [-0.2, 0) is 4.79 Å². The van der Waals surface area contributed by atoms with E-state index in [0.29, 0.717) is 19.3 Å². The summed E-state index contributed by atoms with van der Waals surface area (Å²) < 4.78 is 0. The highest BCUT2D eigenvalue weighted by molar-refractivity contribution is 5.48. The van der Waals surface area contributed by atoms with E-state index in [1.807, 2.05) is 0 Å². The third kappa shape index (κ3) is 4.47. The van der Waals surface area contributed by atoms with Crippen LogP contribution in [0.25, 0.3) is 0 Å². The zero-order valence-electron chi connectivity index (χ0n) is 6.16. The van der Waals surface area contributed by atoms with Crippen molar-refractivity contribution in [1.29, 1.82) is 0 Å². The van der Waals surface area contributed by atoms with E-state index in [9.17, 15) is 4.79 Å². The quantitative estimate of drug-likeness (QED) is 0.427. The number of hydrogen-bond donors (Lipinski definition) is 2. The van der Waals surface area contributed by atoms with Gasteiger partial charge in [0.05, 0.1) is 12.2 Å². The van der Waals surface area contributed by atoms with Crippen molar-refractivity contribution >= 4 is 6.29 Å². The average molecular weight is 146 g/mol. The molecular weight excluding hydrogens is 132 g/mol. The maximum atomic E-state index is 9.81. The maximum Gasteiger partial charge on any atom is 0.119 e. The molecule has 2 atom stereocenters. The Labute approximate surface area is 60.7 Å². The van der Waals surface area contributed by atoms with E-state index in [-0.39, 0.29) is 0 Å². The fourth-order valence-corrected chi connectivity index (χ4v) is 0.652. The summed E-state index contributed by atoms with van der Waals surface area (Å²) in [6, 6.07) is 0. The lowest BCUT2D eigenvalue weighted by molar-refractivity contribution is -0.108. The number of aliphatic hydroxyl groups excluding tert-OH is 2. The summed E-state index contributed by atoms with van der Waals surface area (Å²) >= 11 is 0. The number of hydrogen-bond acceptors (Lipinski definition) is 3. The number of carbonyl (C=O) groups is 1. The van der Waals surface area contributed by atoms with E-state index in [0.717, 1.165) is 6.29 Å². The minimum Gasteiger partial charge on any atom is -0.391 e. The molecule has 0 amide bonds. The van der Waals surface area contributed by atoms with Gasteiger partial charge in [-0.25, -0.2) is 0 Å². The number of aliphatic hydroxyl groups is 2. The molecule has 0 saturated heterocycles. The standard InChI is InChI=1S/C7H14O3/c1-6(9)7(10)4-2-3-5-8/h5-7,9-10H,2-4H2,1H3. The van der Waals surface area contributed by atoms with Crippen LogP contribution in [0, 0.1) is 0 Å². The van der Waals surface area contributed by atoms with Gasteiger partial charge in [-0.05, 0) is 19.8 Å². The molecule has 0 aromatic heterocycles. The lowest BCUT2D eigenvalue weighted by atomic mass is 10.1. The van der Waals surface area contributed by atoms with Gasteiger partial charge in [0.25, 0.3) is 0 Å². The van der Waals surface area contributed by atoms with Gasteiger partial charge in [-0.3, -0.25) is 0 Å². The van der Waals surface area contributed by atoms with Gasteiger partial charge < -0.3 is 15.0 Å². The van der Waals surface area contributed by atoms with Crippen molar-refractivity contribution in [2.45, 2.75) is 38.4 Å². The molecule has 0 aliphatic carbocycles. The van der Waals surface area contributed by atoms with Crippen molar-refractivity contribution in [2.24, 2.45) is 0 Å². The number of unbranched alkanes of at least 4 members (excludes halogenated alkanes) is 1. The van der Waals surface area contributed by atoms with E-state index in [2.05, 4.69) is 0 Å². The third-order valence-corrected chi connectivity index (χ3v) is 1.38. The Kier molecular flexibility index (Phi) is 5.16. The van der Waals surface area contributed by atoms with E-state index >= 15 is 0 Å². The summed E-state index contributed by atoms with van der Waals surface area (Å²) in [5.41, 5.74) is 0. The number of carbonyl (C=O) groups excluding carboxylic acids is 1. The predicted octanol–water partition coefficient (Wildman–Crippen LogP) is 0.0973. The van der Waals surface area contributed by atoms with E-state index in [4.69, 9.17) is 10.2 Å². The van der Waals surface area contributed by atoms with Crippen molar-refractivity contribution in [3.05, 3.63) is 0 Å². The lowest BCUT2D eigenvalue weighted by Crippen LogP contribution is -2.21. The SMILES string of the molecule is CC(O)C(O)CCCC=O. The molecule has 60 valence electrons. The van der Waals surface area contributed by atoms with Crippen LogP contribution < -0.4 is 0 Å². The second-order valence-corrected chi connectivity index (χ2v) is 2.41. The van der Waals surface area contributed by atoms with Crippen LogP contribution in [0.2, 0.25) is 0 Å². The lowest BCUT2D eigenvalue weighted by Gasteiger charge is -2.11. The highest BCUT2D eigenvalue weighted by atomic mass is 16.3. The zero-order valence-corrected chi connectivity index (χ0v) is 6.16. The Hall–Kier alpha value is -0.410. The monoisotopic (exact) mass is 146 g/mol. The molecule has 0 aliphatic rings. The van der Waals surface area contributed by atoms with Gasteiger partial charge in [-0.15, -0.1) is 0 Å². The third-order valence-electron chi connectivity index (χ3n) is 1.38. The molecule has 0 saturated carbocycles. The summed E-state index contributed by atoms with van der Waals surface area (Å²) in [6.45, 7) is 1.53. The minimum absolute atomic E-state index is 0.462. The van der Waals surface area contributed by atoms with E-state index in [1.54, 1.807) is 0 Å². The maximum absolute atomic E-state index is 9.81. The Morgan fingerprint density at radius 3 is 2.50 bits per heavy atom. The Morgan fingerprint density at radius 2 is 2.10 bits per heavy atom. The molecule has 0 fully saturated rings. The molecule has 0 aromatic carbocycles. The molecule has 3 nitrogen and oxygen atoms in total. The largest absolute Gasteiger partial charge is 0.391 e. The zero-order chi connectivity index (χ0) is 7.98. The highest BCUT2D eigenvalue weighted by Gasteiger charge is 2.08. The molecule has 0 aromatic rings.